The lowest BCUT2D eigenvalue weighted by molar-refractivity contribution is -0.158. The summed E-state index contributed by atoms with van der Waals surface area (Å²) in [4.78, 5) is 31.8. The molecule has 3 unspecified atom stereocenters. The lowest BCUT2D eigenvalue weighted by atomic mass is 9.81. The molecule has 0 spiro atoms. The van der Waals surface area contributed by atoms with Gasteiger partial charge in [-0.05, 0) is 42.3 Å². The van der Waals surface area contributed by atoms with Gasteiger partial charge in [0.2, 0.25) is 5.72 Å². The predicted octanol–water partition coefficient (Wildman–Crippen LogP) is 3.44. The predicted molar refractivity (Wildman–Crippen MR) is 139 cm³/mol. The van der Waals surface area contributed by atoms with Crippen LogP contribution in [0.25, 0.3) is 6.08 Å². The van der Waals surface area contributed by atoms with Gasteiger partial charge in [0.25, 0.3) is 5.56 Å². The number of carbonyl (C=O) groups excluding carboxylic acids is 1. The number of nitrogens with zero attached hydrogens (tertiary/aromatic N) is 2. The average Bonchev–Trinajstić information content (AvgIpc) is 3.21. The molecule has 3 aromatic carbocycles. The molecule has 0 saturated carbocycles. The van der Waals surface area contributed by atoms with Crippen LogP contribution >= 0.6 is 11.3 Å². The van der Waals surface area contributed by atoms with E-state index in [4.69, 9.17) is 19.2 Å². The van der Waals surface area contributed by atoms with E-state index in [0.717, 1.165) is 22.4 Å². The summed E-state index contributed by atoms with van der Waals surface area (Å²) in [5.41, 5.74) is 1.33. The van der Waals surface area contributed by atoms with Crippen molar-refractivity contribution in [3.8, 4) is 11.5 Å². The maximum atomic E-state index is 13.7. The SMILES string of the molecule is COC(=O)C1C2c3ccccc3OC1(C)N=c1s/c(=C/c3ccc(OCc4ccccc4)cc3)c(=O)n12. The number of ether oxygens (including phenoxy) is 3. The van der Waals surface area contributed by atoms with Crippen LogP contribution in [0.3, 0.4) is 0 Å². The quantitative estimate of drug-likeness (QED) is 0.383. The number of esters is 1. The van der Waals surface area contributed by atoms with Gasteiger partial charge < -0.3 is 14.2 Å². The first-order valence-corrected chi connectivity index (χ1v) is 12.7. The first-order valence-electron chi connectivity index (χ1n) is 11.9. The van der Waals surface area contributed by atoms with E-state index in [2.05, 4.69) is 0 Å². The molecular weight excluding hydrogens is 488 g/mol. The molecular formula is C29H24N2O5S. The third-order valence-corrected chi connectivity index (χ3v) is 7.74. The Morgan fingerprint density at radius 1 is 1.08 bits per heavy atom. The Morgan fingerprint density at radius 2 is 1.81 bits per heavy atom. The molecule has 0 radical (unpaired) electrons. The van der Waals surface area contributed by atoms with Crippen molar-refractivity contribution in [3.05, 3.63) is 115 Å². The lowest BCUT2D eigenvalue weighted by Crippen LogP contribution is -2.58. The van der Waals surface area contributed by atoms with E-state index in [1.165, 1.54) is 18.4 Å². The zero-order chi connectivity index (χ0) is 25.6. The Morgan fingerprint density at radius 3 is 2.57 bits per heavy atom. The molecule has 0 aliphatic carbocycles. The number of aromatic nitrogens is 1. The molecule has 1 aromatic heterocycles. The maximum Gasteiger partial charge on any atom is 0.317 e. The van der Waals surface area contributed by atoms with Gasteiger partial charge in [0.1, 0.15) is 24.0 Å². The maximum absolute atomic E-state index is 13.7. The third-order valence-electron chi connectivity index (χ3n) is 6.76. The van der Waals surface area contributed by atoms with Gasteiger partial charge in [-0.25, -0.2) is 4.99 Å². The summed E-state index contributed by atoms with van der Waals surface area (Å²) < 4.78 is 19.3. The molecule has 3 atom stereocenters. The largest absolute Gasteiger partial charge is 0.489 e. The fourth-order valence-electron chi connectivity index (χ4n) is 4.98. The van der Waals surface area contributed by atoms with Crippen LogP contribution in [0, 0.1) is 5.92 Å². The van der Waals surface area contributed by atoms with E-state index in [0.29, 0.717) is 21.7 Å². The van der Waals surface area contributed by atoms with E-state index in [1.807, 2.05) is 84.9 Å². The van der Waals surface area contributed by atoms with E-state index in [9.17, 15) is 9.59 Å². The molecule has 4 aromatic rings. The second-order valence-electron chi connectivity index (χ2n) is 9.16. The number of fused-ring (bicyclic) bond motifs is 6. The number of thiazole rings is 1. The summed E-state index contributed by atoms with van der Waals surface area (Å²) >= 11 is 1.28. The van der Waals surface area contributed by atoms with Gasteiger partial charge in [-0.3, -0.25) is 14.2 Å². The molecule has 2 aliphatic rings. The topological polar surface area (TPSA) is 79.1 Å². The number of rotatable bonds is 5. The highest BCUT2D eigenvalue weighted by atomic mass is 32.1. The van der Waals surface area contributed by atoms with Crippen molar-refractivity contribution in [1.29, 1.82) is 0 Å². The molecule has 3 heterocycles. The summed E-state index contributed by atoms with van der Waals surface area (Å²) in [6.45, 7) is 2.25. The van der Waals surface area contributed by atoms with Crippen LogP contribution in [0.1, 0.15) is 29.7 Å². The number of benzene rings is 3. The second-order valence-corrected chi connectivity index (χ2v) is 10.2. The van der Waals surface area contributed by atoms with Gasteiger partial charge in [0.15, 0.2) is 4.80 Å². The number of methoxy groups -OCH3 is 1. The monoisotopic (exact) mass is 512 g/mol. The number of hydrogen-bond donors (Lipinski definition) is 0. The van der Waals surface area contributed by atoms with Crippen molar-refractivity contribution in [2.75, 3.05) is 7.11 Å². The van der Waals surface area contributed by atoms with Gasteiger partial charge >= 0.3 is 5.97 Å². The first kappa shape index (κ1) is 23.2. The van der Waals surface area contributed by atoms with Gasteiger partial charge in [0, 0.05) is 5.56 Å². The molecule has 2 aliphatic heterocycles. The normalized spacial score (nSPS) is 21.7. The average molecular weight is 513 g/mol. The summed E-state index contributed by atoms with van der Waals surface area (Å²) in [5.74, 6) is 0.0982. The fraction of sp³-hybridized carbons (Fsp3) is 0.207. The highest BCUT2D eigenvalue weighted by molar-refractivity contribution is 7.07. The van der Waals surface area contributed by atoms with Crippen LogP contribution < -0.4 is 24.4 Å². The Labute approximate surface area is 216 Å². The summed E-state index contributed by atoms with van der Waals surface area (Å²) in [7, 11) is 1.34. The molecule has 0 fully saturated rings. The third kappa shape index (κ3) is 4.03. The molecule has 186 valence electrons. The molecule has 7 nitrogen and oxygen atoms in total. The van der Waals surface area contributed by atoms with Gasteiger partial charge in [0.05, 0.1) is 17.7 Å². The number of carbonyl (C=O) groups is 1. The highest BCUT2D eigenvalue weighted by Crippen LogP contribution is 2.47. The van der Waals surface area contributed by atoms with Crippen LogP contribution in [0.4, 0.5) is 0 Å². The van der Waals surface area contributed by atoms with Crippen molar-refractivity contribution < 1.29 is 19.0 Å². The molecule has 0 amide bonds. The smallest absolute Gasteiger partial charge is 0.317 e. The standard InChI is InChI=1S/C29H24N2O5S/c1-29-24(27(33)34-2)25(21-10-6-7-11-22(21)36-29)31-26(32)23(37-28(31)30-29)16-18-12-14-20(15-13-18)35-17-19-8-4-3-5-9-19/h3-16,24-25H,17H2,1-2H3/b23-16+. The fourth-order valence-corrected chi connectivity index (χ4v) is 6.08. The molecule has 0 saturated heterocycles. The van der Waals surface area contributed by atoms with Gasteiger partial charge in [-0.15, -0.1) is 0 Å². The van der Waals surface area contributed by atoms with Crippen molar-refractivity contribution in [2.45, 2.75) is 25.3 Å². The first-order chi connectivity index (χ1) is 18.0. The van der Waals surface area contributed by atoms with Gasteiger partial charge in [-0.1, -0.05) is 72.0 Å². The van der Waals surface area contributed by atoms with E-state index in [-0.39, 0.29) is 5.56 Å². The van der Waals surface area contributed by atoms with Crippen molar-refractivity contribution in [1.82, 2.24) is 4.57 Å². The molecule has 0 N–H and O–H groups in total. The van der Waals surface area contributed by atoms with E-state index < -0.39 is 23.7 Å². The second kappa shape index (κ2) is 9.05. The zero-order valence-electron chi connectivity index (χ0n) is 20.3. The molecule has 2 bridgehead atoms. The minimum absolute atomic E-state index is 0.203. The Bertz CT molecular complexity index is 1660. The van der Waals surface area contributed by atoms with E-state index in [1.54, 1.807) is 11.5 Å². The Hall–Kier alpha value is -4.17. The number of para-hydroxylation sites is 1. The van der Waals surface area contributed by atoms with E-state index >= 15 is 0 Å². The van der Waals surface area contributed by atoms with Crippen LogP contribution in [0.15, 0.2) is 88.6 Å². The molecule has 6 rings (SSSR count). The summed E-state index contributed by atoms with van der Waals surface area (Å²) in [6, 6.07) is 24.4. The highest BCUT2D eigenvalue weighted by Gasteiger charge is 2.55. The summed E-state index contributed by atoms with van der Waals surface area (Å²) in [5, 5.41) is 0. The minimum Gasteiger partial charge on any atom is -0.489 e. The van der Waals surface area contributed by atoms with Crippen molar-refractivity contribution >= 4 is 23.4 Å². The lowest BCUT2D eigenvalue weighted by Gasteiger charge is -2.44. The molecule has 8 heteroatoms. The van der Waals surface area contributed by atoms with Crippen LogP contribution in [0.2, 0.25) is 0 Å². The zero-order valence-corrected chi connectivity index (χ0v) is 21.1. The molecule has 37 heavy (non-hydrogen) atoms. The van der Waals surface area contributed by atoms with Crippen LogP contribution in [-0.2, 0) is 16.1 Å². The summed E-state index contributed by atoms with van der Waals surface area (Å²) in [6.07, 6.45) is 1.83. The van der Waals surface area contributed by atoms with Crippen LogP contribution in [-0.4, -0.2) is 23.4 Å². The number of hydrogen-bond acceptors (Lipinski definition) is 7. The van der Waals surface area contributed by atoms with Gasteiger partial charge in [-0.2, -0.15) is 0 Å². The van der Waals surface area contributed by atoms with Crippen LogP contribution in [0.5, 0.6) is 11.5 Å². The Kier molecular flexibility index (Phi) is 5.68. The van der Waals surface area contributed by atoms with Crippen molar-refractivity contribution in [3.63, 3.8) is 0 Å². The minimum atomic E-state index is -1.18. The Balaban J connectivity index is 1.38. The van der Waals surface area contributed by atoms with Crippen molar-refractivity contribution in [2.24, 2.45) is 10.9 Å².